The Hall–Kier alpha value is -0.780. The van der Waals surface area contributed by atoms with Crippen molar-refractivity contribution in [2.45, 2.75) is 38.1 Å². The SMILES string of the molecule is CC(=O)[C@](O)(CC=O)[C@H](O)[C@@H](C)O. The summed E-state index contributed by atoms with van der Waals surface area (Å²) < 4.78 is 0. The number of carbonyl (C=O) groups excluding carboxylic acids is 2. The summed E-state index contributed by atoms with van der Waals surface area (Å²) in [6.07, 6.45) is -3.11. The van der Waals surface area contributed by atoms with Crippen molar-refractivity contribution in [3.8, 4) is 0 Å². The second-order valence-corrected chi connectivity index (χ2v) is 3.04. The third-order valence-corrected chi connectivity index (χ3v) is 1.95. The zero-order valence-corrected chi connectivity index (χ0v) is 7.60. The summed E-state index contributed by atoms with van der Waals surface area (Å²) in [7, 11) is 0. The molecule has 0 aromatic carbocycles. The van der Waals surface area contributed by atoms with E-state index < -0.39 is 30.0 Å². The zero-order valence-electron chi connectivity index (χ0n) is 7.60. The van der Waals surface area contributed by atoms with Gasteiger partial charge in [0.15, 0.2) is 11.4 Å². The number of aldehydes is 1. The summed E-state index contributed by atoms with van der Waals surface area (Å²) in [6, 6.07) is 0. The van der Waals surface area contributed by atoms with Crippen molar-refractivity contribution in [3.05, 3.63) is 0 Å². The average Bonchev–Trinajstić information content (AvgIpc) is 2.02. The van der Waals surface area contributed by atoms with E-state index in [0.717, 1.165) is 6.92 Å². The lowest BCUT2D eigenvalue weighted by Gasteiger charge is -2.30. The summed E-state index contributed by atoms with van der Waals surface area (Å²) in [5.41, 5.74) is -2.17. The molecular formula is C8H14O5. The van der Waals surface area contributed by atoms with Gasteiger partial charge >= 0.3 is 0 Å². The molecule has 3 atom stereocenters. The third-order valence-electron chi connectivity index (χ3n) is 1.95. The highest BCUT2D eigenvalue weighted by Crippen LogP contribution is 2.18. The van der Waals surface area contributed by atoms with E-state index in [1.807, 2.05) is 0 Å². The van der Waals surface area contributed by atoms with E-state index in [1.165, 1.54) is 6.92 Å². The minimum Gasteiger partial charge on any atom is -0.391 e. The van der Waals surface area contributed by atoms with Gasteiger partial charge < -0.3 is 20.1 Å². The minimum atomic E-state index is -2.17. The molecular weight excluding hydrogens is 176 g/mol. The van der Waals surface area contributed by atoms with Crippen molar-refractivity contribution in [1.82, 2.24) is 0 Å². The van der Waals surface area contributed by atoms with Crippen LogP contribution >= 0.6 is 0 Å². The Morgan fingerprint density at radius 3 is 2.23 bits per heavy atom. The smallest absolute Gasteiger partial charge is 0.164 e. The number of rotatable bonds is 5. The van der Waals surface area contributed by atoms with Crippen LogP contribution in [0.15, 0.2) is 0 Å². The van der Waals surface area contributed by atoms with Crippen LogP contribution in [0.5, 0.6) is 0 Å². The molecule has 5 heteroatoms. The second kappa shape index (κ2) is 4.45. The molecule has 0 unspecified atom stereocenters. The van der Waals surface area contributed by atoms with Crippen molar-refractivity contribution < 1.29 is 24.9 Å². The fourth-order valence-corrected chi connectivity index (χ4v) is 0.999. The van der Waals surface area contributed by atoms with Gasteiger partial charge in [0, 0.05) is 6.42 Å². The maximum Gasteiger partial charge on any atom is 0.164 e. The fourth-order valence-electron chi connectivity index (χ4n) is 0.999. The first-order valence-corrected chi connectivity index (χ1v) is 3.89. The van der Waals surface area contributed by atoms with Crippen LogP contribution in [0.2, 0.25) is 0 Å². The molecule has 0 aliphatic rings. The first-order valence-electron chi connectivity index (χ1n) is 3.89. The van der Waals surface area contributed by atoms with Gasteiger partial charge in [-0.2, -0.15) is 0 Å². The van der Waals surface area contributed by atoms with Crippen molar-refractivity contribution in [2.24, 2.45) is 0 Å². The number of hydrogen-bond acceptors (Lipinski definition) is 5. The molecule has 76 valence electrons. The van der Waals surface area contributed by atoms with E-state index >= 15 is 0 Å². The van der Waals surface area contributed by atoms with Crippen molar-refractivity contribution in [2.75, 3.05) is 0 Å². The highest BCUT2D eigenvalue weighted by atomic mass is 16.4. The Morgan fingerprint density at radius 1 is 1.54 bits per heavy atom. The molecule has 0 aromatic heterocycles. The maximum absolute atomic E-state index is 10.9. The van der Waals surface area contributed by atoms with Crippen molar-refractivity contribution in [1.29, 1.82) is 0 Å². The van der Waals surface area contributed by atoms with Crippen molar-refractivity contribution >= 4 is 12.1 Å². The maximum atomic E-state index is 10.9. The molecule has 0 fully saturated rings. The van der Waals surface area contributed by atoms with E-state index in [0.29, 0.717) is 6.29 Å². The molecule has 0 saturated carbocycles. The number of Topliss-reactive ketones (excluding diaryl/α,β-unsaturated/α-hetero) is 1. The molecule has 0 rings (SSSR count). The van der Waals surface area contributed by atoms with Gasteiger partial charge in [0.25, 0.3) is 0 Å². The fraction of sp³-hybridized carbons (Fsp3) is 0.750. The third kappa shape index (κ3) is 2.58. The van der Waals surface area contributed by atoms with Gasteiger partial charge in [-0.3, -0.25) is 4.79 Å². The standard InChI is InChI=1S/C8H14O5/c1-5(10)7(12)8(13,3-4-9)6(2)11/h4-5,7,10,12-13H,3H2,1-2H3/t5-,7-,8-/m1/s1. The quantitative estimate of drug-likeness (QED) is 0.465. The van der Waals surface area contributed by atoms with Gasteiger partial charge in [-0.15, -0.1) is 0 Å². The van der Waals surface area contributed by atoms with Crippen LogP contribution in [0.4, 0.5) is 0 Å². The summed E-state index contributed by atoms with van der Waals surface area (Å²) >= 11 is 0. The van der Waals surface area contributed by atoms with Gasteiger partial charge in [-0.05, 0) is 13.8 Å². The lowest BCUT2D eigenvalue weighted by molar-refractivity contribution is -0.161. The zero-order chi connectivity index (χ0) is 10.6. The van der Waals surface area contributed by atoms with E-state index in [2.05, 4.69) is 0 Å². The Morgan fingerprint density at radius 2 is 2.00 bits per heavy atom. The number of aliphatic hydroxyl groups is 3. The summed E-state index contributed by atoms with van der Waals surface area (Å²) in [5, 5.41) is 27.8. The molecule has 0 aliphatic carbocycles. The number of hydrogen-bond donors (Lipinski definition) is 3. The van der Waals surface area contributed by atoms with E-state index in [1.54, 1.807) is 0 Å². The van der Waals surface area contributed by atoms with Crippen LogP contribution < -0.4 is 0 Å². The second-order valence-electron chi connectivity index (χ2n) is 3.04. The molecule has 0 spiro atoms. The van der Waals surface area contributed by atoms with Crippen LogP contribution in [0.3, 0.4) is 0 Å². The Bertz CT molecular complexity index is 201. The summed E-state index contributed by atoms with van der Waals surface area (Å²) in [5.74, 6) is -0.743. The average molecular weight is 190 g/mol. The predicted octanol–water partition coefficient (Wildman–Crippen LogP) is -1.36. The van der Waals surface area contributed by atoms with Crippen LogP contribution in [0.25, 0.3) is 0 Å². The Labute approximate surface area is 76.0 Å². The normalized spacial score (nSPS) is 20.1. The van der Waals surface area contributed by atoms with E-state index in [9.17, 15) is 19.8 Å². The van der Waals surface area contributed by atoms with Gasteiger partial charge in [-0.1, -0.05) is 0 Å². The molecule has 0 bridgehead atoms. The number of aliphatic hydroxyl groups excluding tert-OH is 2. The van der Waals surface area contributed by atoms with Gasteiger partial charge in [0.05, 0.1) is 6.10 Å². The van der Waals surface area contributed by atoms with Crippen LogP contribution in [0, 0.1) is 0 Å². The molecule has 3 N–H and O–H groups in total. The van der Waals surface area contributed by atoms with Crippen LogP contribution in [-0.2, 0) is 9.59 Å². The predicted molar refractivity (Wildman–Crippen MR) is 44.0 cm³/mol. The Balaban J connectivity index is 4.77. The number of ketones is 1. The molecule has 0 aromatic rings. The molecule has 0 amide bonds. The van der Waals surface area contributed by atoms with Crippen LogP contribution in [0.1, 0.15) is 20.3 Å². The monoisotopic (exact) mass is 190 g/mol. The molecule has 0 radical (unpaired) electrons. The minimum absolute atomic E-state index is 0.326. The first-order chi connectivity index (χ1) is 5.86. The molecule has 13 heavy (non-hydrogen) atoms. The lowest BCUT2D eigenvalue weighted by Crippen LogP contribution is -2.53. The largest absolute Gasteiger partial charge is 0.391 e. The van der Waals surface area contributed by atoms with Gasteiger partial charge in [0.2, 0.25) is 0 Å². The molecule has 0 aliphatic heterocycles. The van der Waals surface area contributed by atoms with Crippen molar-refractivity contribution in [3.63, 3.8) is 0 Å². The van der Waals surface area contributed by atoms with E-state index in [-0.39, 0.29) is 0 Å². The summed E-state index contributed by atoms with van der Waals surface area (Å²) in [4.78, 5) is 21.1. The Kier molecular flexibility index (Phi) is 4.19. The highest BCUT2D eigenvalue weighted by Gasteiger charge is 2.42. The molecule has 0 saturated heterocycles. The number of carbonyl (C=O) groups is 2. The molecule has 5 nitrogen and oxygen atoms in total. The van der Waals surface area contributed by atoms with Gasteiger partial charge in [-0.25, -0.2) is 0 Å². The first kappa shape index (κ1) is 12.2. The molecule has 0 heterocycles. The topological polar surface area (TPSA) is 94.8 Å². The lowest BCUT2D eigenvalue weighted by atomic mass is 9.87. The van der Waals surface area contributed by atoms with Crippen LogP contribution in [-0.4, -0.2) is 45.2 Å². The van der Waals surface area contributed by atoms with E-state index in [4.69, 9.17) is 5.11 Å². The summed E-state index contributed by atoms with van der Waals surface area (Å²) in [6.45, 7) is 2.28. The highest BCUT2D eigenvalue weighted by molar-refractivity contribution is 5.87. The van der Waals surface area contributed by atoms with Gasteiger partial charge in [0.1, 0.15) is 12.4 Å².